The van der Waals surface area contributed by atoms with E-state index in [-0.39, 0.29) is 0 Å². The van der Waals surface area contributed by atoms with Crippen LogP contribution in [0, 0.1) is 0 Å². The van der Waals surface area contributed by atoms with Crippen LogP contribution >= 0.6 is 0 Å². The fourth-order valence-corrected chi connectivity index (χ4v) is 2.90. The first-order chi connectivity index (χ1) is 13.2. The highest BCUT2D eigenvalue weighted by Gasteiger charge is 2.51. The van der Waals surface area contributed by atoms with Crippen molar-refractivity contribution in [2.45, 2.75) is 64.9 Å². The topological polar surface area (TPSA) is 123 Å². The van der Waals surface area contributed by atoms with Gasteiger partial charge in [0.15, 0.2) is 12.2 Å². The third-order valence-corrected chi connectivity index (χ3v) is 4.04. The van der Waals surface area contributed by atoms with Gasteiger partial charge in [-0.05, 0) is 24.6 Å². The number of hydrogen-bond donors (Lipinski definition) is 1. The Morgan fingerprint density at radius 1 is 0.893 bits per heavy atom. The van der Waals surface area contributed by atoms with Crippen LogP contribution < -0.4 is 10.5 Å². The number of carbonyl (C=O) groups is 3. The van der Waals surface area contributed by atoms with Crippen LogP contribution in [-0.2, 0) is 39.9 Å². The van der Waals surface area contributed by atoms with E-state index in [4.69, 9.17) is 29.4 Å². The zero-order valence-electron chi connectivity index (χ0n) is 16.2. The lowest BCUT2D eigenvalue weighted by molar-refractivity contribution is -0.280. The van der Waals surface area contributed by atoms with E-state index in [2.05, 4.69) is 0 Å². The van der Waals surface area contributed by atoms with E-state index < -0.39 is 48.6 Å². The normalized spacial score (nSPS) is 26.8. The van der Waals surface area contributed by atoms with Crippen molar-refractivity contribution in [2.24, 2.45) is 5.73 Å². The zero-order chi connectivity index (χ0) is 20.8. The first kappa shape index (κ1) is 21.6. The molecule has 0 aliphatic carbocycles. The summed E-state index contributed by atoms with van der Waals surface area (Å²) >= 11 is 0. The monoisotopic (exact) mass is 395 g/mol. The van der Waals surface area contributed by atoms with E-state index in [0.717, 1.165) is 5.56 Å². The molecule has 0 unspecified atom stereocenters. The van der Waals surface area contributed by atoms with E-state index >= 15 is 0 Å². The number of carbonyl (C=O) groups excluding carboxylic acids is 3. The fourth-order valence-electron chi connectivity index (χ4n) is 2.90. The Labute approximate surface area is 163 Å². The van der Waals surface area contributed by atoms with E-state index in [0.29, 0.717) is 12.3 Å². The lowest BCUT2D eigenvalue weighted by atomic mass is 9.99. The van der Waals surface area contributed by atoms with Crippen molar-refractivity contribution >= 4 is 17.9 Å². The van der Waals surface area contributed by atoms with Gasteiger partial charge < -0.3 is 29.4 Å². The molecule has 0 spiro atoms. The molecule has 0 aromatic heterocycles. The first-order valence-corrected chi connectivity index (χ1v) is 8.84. The molecule has 0 saturated carbocycles. The Kier molecular flexibility index (Phi) is 7.36. The SMILES string of the molecule is CC(=O)O[C@@H]1[C@@H](OC(C)=O)[C@H](C)O[C@@H](Oc2ccc(CN)cc2)[C@@H]1OC(C)=O. The number of ether oxygens (including phenoxy) is 5. The number of hydrogen-bond acceptors (Lipinski definition) is 9. The van der Waals surface area contributed by atoms with E-state index in [9.17, 15) is 14.4 Å². The van der Waals surface area contributed by atoms with Gasteiger partial charge in [-0.2, -0.15) is 0 Å². The Hall–Kier alpha value is -2.65. The molecular weight excluding hydrogens is 370 g/mol. The molecule has 9 heteroatoms. The zero-order valence-corrected chi connectivity index (χ0v) is 16.2. The molecule has 5 atom stereocenters. The molecule has 0 bridgehead atoms. The summed E-state index contributed by atoms with van der Waals surface area (Å²) in [7, 11) is 0. The molecule has 1 aliphatic rings. The Morgan fingerprint density at radius 2 is 1.39 bits per heavy atom. The fraction of sp³-hybridized carbons (Fsp3) is 0.526. The molecule has 1 aromatic rings. The molecule has 1 fully saturated rings. The van der Waals surface area contributed by atoms with Gasteiger partial charge in [0.1, 0.15) is 5.75 Å². The Bertz CT molecular complexity index is 704. The number of benzene rings is 1. The maximum absolute atomic E-state index is 11.6. The van der Waals surface area contributed by atoms with Gasteiger partial charge in [0.25, 0.3) is 0 Å². The van der Waals surface area contributed by atoms with Crippen LogP contribution in [0.3, 0.4) is 0 Å². The van der Waals surface area contributed by atoms with Gasteiger partial charge in [0, 0.05) is 27.3 Å². The highest BCUT2D eigenvalue weighted by molar-refractivity contribution is 5.68. The van der Waals surface area contributed by atoms with Gasteiger partial charge in [-0.3, -0.25) is 14.4 Å². The van der Waals surface area contributed by atoms with Crippen molar-refractivity contribution in [2.75, 3.05) is 0 Å². The highest BCUT2D eigenvalue weighted by atomic mass is 16.7. The van der Waals surface area contributed by atoms with Gasteiger partial charge in [-0.25, -0.2) is 0 Å². The van der Waals surface area contributed by atoms with Gasteiger partial charge in [0.2, 0.25) is 12.4 Å². The molecule has 2 N–H and O–H groups in total. The van der Waals surface area contributed by atoms with Crippen molar-refractivity contribution in [3.8, 4) is 5.75 Å². The Morgan fingerprint density at radius 3 is 1.89 bits per heavy atom. The van der Waals surface area contributed by atoms with Crippen LogP contribution in [0.1, 0.15) is 33.3 Å². The van der Waals surface area contributed by atoms with Crippen LogP contribution in [0.25, 0.3) is 0 Å². The molecular formula is C19H25NO8. The second-order valence-corrected chi connectivity index (χ2v) is 6.40. The lowest BCUT2D eigenvalue weighted by Crippen LogP contribution is -2.62. The molecule has 154 valence electrons. The summed E-state index contributed by atoms with van der Waals surface area (Å²) in [4.78, 5) is 34.7. The summed E-state index contributed by atoms with van der Waals surface area (Å²) in [6.07, 6.45) is -4.98. The largest absolute Gasteiger partial charge is 0.461 e. The first-order valence-electron chi connectivity index (χ1n) is 8.84. The number of nitrogens with two attached hydrogens (primary N) is 1. The predicted octanol–water partition coefficient (Wildman–Crippen LogP) is 1.06. The summed E-state index contributed by atoms with van der Waals surface area (Å²) in [6.45, 7) is 5.65. The van der Waals surface area contributed by atoms with Gasteiger partial charge >= 0.3 is 17.9 Å². The molecule has 9 nitrogen and oxygen atoms in total. The quantitative estimate of drug-likeness (QED) is 0.556. The summed E-state index contributed by atoms with van der Waals surface area (Å²) in [6, 6.07) is 6.96. The summed E-state index contributed by atoms with van der Waals surface area (Å²) < 4.78 is 27.5. The third-order valence-electron chi connectivity index (χ3n) is 4.04. The predicted molar refractivity (Wildman–Crippen MR) is 96.0 cm³/mol. The molecule has 0 amide bonds. The van der Waals surface area contributed by atoms with Crippen LogP contribution in [0.2, 0.25) is 0 Å². The summed E-state index contributed by atoms with van der Waals surface area (Å²) in [5.41, 5.74) is 6.50. The van der Waals surface area contributed by atoms with E-state index in [1.807, 2.05) is 0 Å². The minimum Gasteiger partial charge on any atom is -0.461 e. The van der Waals surface area contributed by atoms with E-state index in [1.165, 1.54) is 20.8 Å². The van der Waals surface area contributed by atoms with Crippen LogP contribution in [0.4, 0.5) is 0 Å². The van der Waals surface area contributed by atoms with Crippen LogP contribution in [0.15, 0.2) is 24.3 Å². The maximum Gasteiger partial charge on any atom is 0.303 e. The van der Waals surface area contributed by atoms with Gasteiger partial charge in [-0.1, -0.05) is 12.1 Å². The average molecular weight is 395 g/mol. The van der Waals surface area contributed by atoms with Crippen LogP contribution in [0.5, 0.6) is 5.75 Å². The molecule has 1 aromatic carbocycles. The maximum atomic E-state index is 11.6. The standard InChI is InChI=1S/C19H25NO8/c1-10-16(25-11(2)21)17(26-12(3)22)18(27-13(4)23)19(24-10)28-15-7-5-14(9-20)6-8-15/h5-8,10,16-19H,9,20H2,1-4H3/t10-,16-,17+,18+,19-/m0/s1. The molecule has 28 heavy (non-hydrogen) atoms. The van der Waals surface area contributed by atoms with E-state index in [1.54, 1.807) is 31.2 Å². The van der Waals surface area contributed by atoms with Crippen molar-refractivity contribution in [3.05, 3.63) is 29.8 Å². The molecule has 1 saturated heterocycles. The minimum absolute atomic E-state index is 0.381. The van der Waals surface area contributed by atoms with Crippen molar-refractivity contribution in [3.63, 3.8) is 0 Å². The second kappa shape index (κ2) is 9.52. The average Bonchev–Trinajstić information content (AvgIpc) is 2.61. The summed E-state index contributed by atoms with van der Waals surface area (Å²) in [5.74, 6) is -1.40. The van der Waals surface area contributed by atoms with Gasteiger partial charge in [0.05, 0.1) is 6.10 Å². The van der Waals surface area contributed by atoms with Crippen molar-refractivity contribution in [1.29, 1.82) is 0 Å². The van der Waals surface area contributed by atoms with Crippen LogP contribution in [-0.4, -0.2) is 48.6 Å². The molecule has 0 radical (unpaired) electrons. The second-order valence-electron chi connectivity index (χ2n) is 6.40. The lowest BCUT2D eigenvalue weighted by Gasteiger charge is -2.43. The summed E-state index contributed by atoms with van der Waals surface area (Å²) in [5, 5.41) is 0. The van der Waals surface area contributed by atoms with Crippen molar-refractivity contribution in [1.82, 2.24) is 0 Å². The highest BCUT2D eigenvalue weighted by Crippen LogP contribution is 2.30. The molecule has 1 heterocycles. The molecule has 2 rings (SSSR count). The number of esters is 3. The van der Waals surface area contributed by atoms with Gasteiger partial charge in [-0.15, -0.1) is 0 Å². The number of rotatable bonds is 6. The minimum atomic E-state index is -1.14. The Balaban J connectivity index is 2.32. The smallest absolute Gasteiger partial charge is 0.303 e. The molecule has 1 aliphatic heterocycles. The third kappa shape index (κ3) is 5.67. The van der Waals surface area contributed by atoms with Crippen molar-refractivity contribution < 1.29 is 38.1 Å².